The molecule has 12 heavy (non-hydrogen) atoms. The summed E-state index contributed by atoms with van der Waals surface area (Å²) in [5.74, 6) is -0.205. The van der Waals surface area contributed by atoms with Crippen molar-refractivity contribution >= 4 is 21.8 Å². The van der Waals surface area contributed by atoms with Gasteiger partial charge in [-0.1, -0.05) is 15.9 Å². The molecule has 1 amide bonds. The molecule has 2 bridgehead atoms. The average Bonchev–Trinajstić information content (AvgIpc) is 2.40. The third-order valence-corrected chi connectivity index (χ3v) is 3.89. The van der Waals surface area contributed by atoms with Crippen molar-refractivity contribution in [2.75, 3.05) is 11.9 Å². The number of nitrogens with two attached hydrogens (primary N) is 1. The monoisotopic (exact) mass is 233 g/mol. The Bertz CT molecular complexity index is 223. The number of fused-ring (bicyclic) bond motifs is 1. The van der Waals surface area contributed by atoms with Crippen molar-refractivity contribution in [2.45, 2.75) is 24.9 Å². The van der Waals surface area contributed by atoms with Crippen molar-refractivity contribution in [1.82, 2.24) is 0 Å². The highest BCUT2D eigenvalue weighted by Gasteiger charge is 2.61. The summed E-state index contributed by atoms with van der Waals surface area (Å²) in [5, 5.41) is 0.876. The first kappa shape index (κ1) is 8.51. The Morgan fingerprint density at radius 3 is 2.67 bits per heavy atom. The van der Waals surface area contributed by atoms with Crippen LogP contribution in [0.15, 0.2) is 0 Å². The number of halogens is 1. The third-order valence-electron chi connectivity index (χ3n) is 2.87. The summed E-state index contributed by atoms with van der Waals surface area (Å²) in [7, 11) is 0. The Morgan fingerprint density at radius 1 is 1.58 bits per heavy atom. The van der Waals surface area contributed by atoms with Crippen molar-refractivity contribution in [1.29, 1.82) is 0 Å². The maximum Gasteiger partial charge on any atom is 0.218 e. The fourth-order valence-corrected chi connectivity index (χ4v) is 3.06. The molecule has 3 rings (SSSR count). The summed E-state index contributed by atoms with van der Waals surface area (Å²) in [5.41, 5.74) is 5.29. The Morgan fingerprint density at radius 2 is 2.25 bits per heavy atom. The van der Waals surface area contributed by atoms with Crippen LogP contribution < -0.4 is 5.73 Å². The van der Waals surface area contributed by atoms with Gasteiger partial charge in [-0.2, -0.15) is 0 Å². The molecule has 0 aromatic carbocycles. The van der Waals surface area contributed by atoms with E-state index in [9.17, 15) is 4.79 Å². The van der Waals surface area contributed by atoms with Crippen LogP contribution >= 0.6 is 15.9 Å². The predicted octanol–water partition coefficient (Wildman–Crippen LogP) is 0.806. The lowest BCUT2D eigenvalue weighted by Crippen LogP contribution is -2.47. The van der Waals surface area contributed by atoms with E-state index in [-0.39, 0.29) is 16.9 Å². The van der Waals surface area contributed by atoms with Crippen molar-refractivity contribution < 1.29 is 9.53 Å². The van der Waals surface area contributed by atoms with Crippen LogP contribution in [-0.2, 0) is 9.53 Å². The molecule has 68 valence electrons. The van der Waals surface area contributed by atoms with Crippen LogP contribution in [0.25, 0.3) is 0 Å². The van der Waals surface area contributed by atoms with Gasteiger partial charge in [0.05, 0.1) is 12.2 Å². The summed E-state index contributed by atoms with van der Waals surface area (Å²) in [4.78, 5) is 10.7. The summed E-state index contributed by atoms with van der Waals surface area (Å²) in [6, 6.07) is 0. The van der Waals surface area contributed by atoms with Gasteiger partial charge in [-0.15, -0.1) is 0 Å². The topological polar surface area (TPSA) is 52.3 Å². The zero-order valence-electron chi connectivity index (χ0n) is 6.81. The first-order valence-electron chi connectivity index (χ1n) is 4.08. The van der Waals surface area contributed by atoms with Gasteiger partial charge in [-0.25, -0.2) is 0 Å². The number of rotatable bonds is 3. The lowest BCUT2D eigenvalue weighted by atomic mass is 9.61. The SMILES string of the molecule is NC(=O)CC12COC(CBr)(C1)C2. The van der Waals surface area contributed by atoms with Gasteiger partial charge in [0.15, 0.2) is 0 Å². The van der Waals surface area contributed by atoms with Crippen LogP contribution in [0.4, 0.5) is 0 Å². The number of hydrogen-bond donors (Lipinski definition) is 1. The number of carbonyl (C=O) groups excluding carboxylic acids is 1. The minimum Gasteiger partial charge on any atom is -0.373 e. The molecule has 1 saturated carbocycles. The molecule has 0 spiro atoms. The lowest BCUT2D eigenvalue weighted by Gasteiger charge is -2.43. The van der Waals surface area contributed by atoms with Crippen LogP contribution in [-0.4, -0.2) is 23.4 Å². The summed E-state index contributed by atoms with van der Waals surface area (Å²) in [6.07, 6.45) is 2.48. The van der Waals surface area contributed by atoms with Gasteiger partial charge in [0.2, 0.25) is 5.91 Å². The Balaban J connectivity index is 2.00. The van der Waals surface area contributed by atoms with E-state index in [2.05, 4.69) is 15.9 Å². The molecule has 0 aromatic heterocycles. The highest BCUT2D eigenvalue weighted by Crippen LogP contribution is 2.60. The molecule has 2 N–H and O–H groups in total. The van der Waals surface area contributed by atoms with Crippen LogP contribution in [0.3, 0.4) is 0 Å². The fourth-order valence-electron chi connectivity index (χ4n) is 2.50. The number of carbonyl (C=O) groups is 1. The summed E-state index contributed by atoms with van der Waals surface area (Å²) < 4.78 is 5.61. The number of alkyl halides is 1. The molecule has 3 aliphatic rings. The number of amides is 1. The van der Waals surface area contributed by atoms with Crippen LogP contribution in [0.1, 0.15) is 19.3 Å². The maximum absolute atomic E-state index is 10.7. The Hall–Kier alpha value is -0.0900. The average molecular weight is 234 g/mol. The van der Waals surface area contributed by atoms with E-state index in [1.54, 1.807) is 0 Å². The van der Waals surface area contributed by atoms with Gasteiger partial charge in [0.25, 0.3) is 0 Å². The first-order valence-corrected chi connectivity index (χ1v) is 5.20. The molecule has 0 atom stereocenters. The second-order valence-electron chi connectivity index (χ2n) is 4.10. The molecule has 2 aliphatic heterocycles. The largest absolute Gasteiger partial charge is 0.373 e. The normalized spacial score (nSPS) is 44.1. The van der Waals surface area contributed by atoms with E-state index in [0.29, 0.717) is 13.0 Å². The molecular weight excluding hydrogens is 222 g/mol. The summed E-state index contributed by atoms with van der Waals surface area (Å²) >= 11 is 3.42. The minimum atomic E-state index is -0.205. The lowest BCUT2D eigenvalue weighted by molar-refractivity contribution is -0.121. The molecule has 3 fully saturated rings. The third kappa shape index (κ3) is 1.09. The van der Waals surface area contributed by atoms with Crippen LogP contribution in [0.2, 0.25) is 0 Å². The minimum absolute atomic E-state index is 0.0372. The standard InChI is InChI=1S/C8H12BrNO2/c9-4-8-2-7(3-8,5-12-8)1-6(10)11/h1-5H2,(H2,10,11). The van der Waals surface area contributed by atoms with Crippen molar-refractivity contribution in [2.24, 2.45) is 11.1 Å². The second kappa shape index (κ2) is 2.45. The van der Waals surface area contributed by atoms with Crippen molar-refractivity contribution in [3.05, 3.63) is 0 Å². The van der Waals surface area contributed by atoms with E-state index in [1.165, 1.54) is 0 Å². The molecule has 1 aliphatic carbocycles. The molecule has 2 heterocycles. The fraction of sp³-hybridized carbons (Fsp3) is 0.875. The predicted molar refractivity (Wildman–Crippen MR) is 48.0 cm³/mol. The molecule has 0 aromatic rings. The quantitative estimate of drug-likeness (QED) is 0.734. The van der Waals surface area contributed by atoms with Gasteiger partial charge < -0.3 is 10.5 Å². The molecule has 0 radical (unpaired) electrons. The van der Waals surface area contributed by atoms with Crippen LogP contribution in [0.5, 0.6) is 0 Å². The highest BCUT2D eigenvalue weighted by atomic mass is 79.9. The van der Waals surface area contributed by atoms with Gasteiger partial charge in [0.1, 0.15) is 0 Å². The number of primary amides is 1. The smallest absolute Gasteiger partial charge is 0.218 e. The Kier molecular flexibility index (Phi) is 1.74. The van der Waals surface area contributed by atoms with Crippen molar-refractivity contribution in [3.63, 3.8) is 0 Å². The molecular formula is C8H12BrNO2. The zero-order chi connectivity index (χ0) is 8.82. The molecule has 2 saturated heterocycles. The second-order valence-corrected chi connectivity index (χ2v) is 4.66. The van der Waals surface area contributed by atoms with E-state index in [1.807, 2.05) is 0 Å². The van der Waals surface area contributed by atoms with Gasteiger partial charge in [-0.05, 0) is 12.8 Å². The van der Waals surface area contributed by atoms with E-state index in [0.717, 1.165) is 18.2 Å². The van der Waals surface area contributed by atoms with Crippen LogP contribution in [0, 0.1) is 5.41 Å². The van der Waals surface area contributed by atoms with E-state index in [4.69, 9.17) is 10.5 Å². The van der Waals surface area contributed by atoms with Gasteiger partial charge in [-0.3, -0.25) is 4.79 Å². The Labute approximate surface area is 79.8 Å². The van der Waals surface area contributed by atoms with Gasteiger partial charge in [0, 0.05) is 17.2 Å². The molecule has 4 heteroatoms. The number of ether oxygens (including phenoxy) is 1. The zero-order valence-corrected chi connectivity index (χ0v) is 8.39. The number of hydrogen-bond acceptors (Lipinski definition) is 2. The van der Waals surface area contributed by atoms with E-state index < -0.39 is 0 Å². The maximum atomic E-state index is 10.7. The van der Waals surface area contributed by atoms with E-state index >= 15 is 0 Å². The summed E-state index contributed by atoms with van der Waals surface area (Å²) in [6.45, 7) is 0.710. The van der Waals surface area contributed by atoms with Gasteiger partial charge >= 0.3 is 0 Å². The molecule has 0 unspecified atom stereocenters. The molecule has 3 nitrogen and oxygen atoms in total. The van der Waals surface area contributed by atoms with Crippen molar-refractivity contribution in [3.8, 4) is 0 Å². The highest BCUT2D eigenvalue weighted by molar-refractivity contribution is 9.09. The first-order chi connectivity index (χ1) is 5.60.